The van der Waals surface area contributed by atoms with Crippen molar-refractivity contribution in [1.29, 1.82) is 0 Å². The van der Waals surface area contributed by atoms with Gasteiger partial charge in [0.25, 0.3) is 0 Å². The molecular weight excluding hydrogens is 417 g/mol. The van der Waals surface area contributed by atoms with Crippen LogP contribution < -0.4 is 10.6 Å². The molecule has 0 amide bonds. The van der Waals surface area contributed by atoms with Crippen molar-refractivity contribution in [3.05, 3.63) is 58.3 Å². The van der Waals surface area contributed by atoms with E-state index in [1.807, 2.05) is 18.4 Å². The molecule has 0 spiro atoms. The second kappa shape index (κ2) is 8.68. The van der Waals surface area contributed by atoms with Gasteiger partial charge in [-0.25, -0.2) is 0 Å². The average Bonchev–Trinajstić information content (AvgIpc) is 3.10. The molecule has 1 aliphatic rings. The minimum absolute atomic E-state index is 0. The zero-order valence-corrected chi connectivity index (χ0v) is 16.7. The molecule has 23 heavy (non-hydrogen) atoms. The fourth-order valence-corrected chi connectivity index (χ4v) is 3.50. The molecule has 124 valence electrons. The first-order valence-electron chi connectivity index (χ1n) is 7.83. The Balaban J connectivity index is 0.00000192. The van der Waals surface area contributed by atoms with E-state index in [1.54, 1.807) is 0 Å². The zero-order chi connectivity index (χ0) is 15.4. The SMILES string of the molecule is CN=C(NCC(C)c1cccs1)NC1CC1c1ccccc1.I. The highest BCUT2D eigenvalue weighted by atomic mass is 127. The normalized spacial score (nSPS) is 21.2. The van der Waals surface area contributed by atoms with Gasteiger partial charge in [0.2, 0.25) is 0 Å². The van der Waals surface area contributed by atoms with Crippen LogP contribution in [0.15, 0.2) is 52.8 Å². The van der Waals surface area contributed by atoms with Gasteiger partial charge in [0.15, 0.2) is 5.96 Å². The molecule has 2 N–H and O–H groups in total. The first-order valence-corrected chi connectivity index (χ1v) is 8.71. The third-order valence-corrected chi connectivity index (χ3v) is 5.27. The van der Waals surface area contributed by atoms with Crippen molar-refractivity contribution >= 4 is 41.3 Å². The third kappa shape index (κ3) is 4.94. The van der Waals surface area contributed by atoms with Crippen LogP contribution >= 0.6 is 35.3 Å². The number of guanidine groups is 1. The fourth-order valence-electron chi connectivity index (χ4n) is 2.72. The lowest BCUT2D eigenvalue weighted by Gasteiger charge is -2.15. The van der Waals surface area contributed by atoms with Crippen molar-refractivity contribution in [3.63, 3.8) is 0 Å². The largest absolute Gasteiger partial charge is 0.356 e. The number of aliphatic imine (C=N–C) groups is 1. The van der Waals surface area contributed by atoms with Crippen LogP contribution in [-0.4, -0.2) is 25.6 Å². The summed E-state index contributed by atoms with van der Waals surface area (Å²) in [4.78, 5) is 5.76. The second-order valence-electron chi connectivity index (χ2n) is 5.87. The quantitative estimate of drug-likeness (QED) is 0.415. The molecule has 3 atom stereocenters. The number of benzene rings is 1. The summed E-state index contributed by atoms with van der Waals surface area (Å²) in [6.07, 6.45) is 1.19. The number of nitrogens with zero attached hydrogens (tertiary/aromatic N) is 1. The summed E-state index contributed by atoms with van der Waals surface area (Å²) in [6, 6.07) is 15.5. The molecule has 3 nitrogen and oxygen atoms in total. The van der Waals surface area contributed by atoms with Gasteiger partial charge in [-0.1, -0.05) is 43.3 Å². The highest BCUT2D eigenvalue weighted by Gasteiger charge is 2.38. The Hall–Kier alpha value is -1.08. The van der Waals surface area contributed by atoms with E-state index in [9.17, 15) is 0 Å². The molecule has 1 aliphatic carbocycles. The topological polar surface area (TPSA) is 36.4 Å². The van der Waals surface area contributed by atoms with Crippen LogP contribution in [-0.2, 0) is 0 Å². The number of rotatable bonds is 5. The maximum Gasteiger partial charge on any atom is 0.191 e. The van der Waals surface area contributed by atoms with E-state index in [0.717, 1.165) is 12.5 Å². The molecule has 1 aromatic carbocycles. The van der Waals surface area contributed by atoms with E-state index in [-0.39, 0.29) is 24.0 Å². The van der Waals surface area contributed by atoms with Gasteiger partial charge in [0.1, 0.15) is 0 Å². The maximum absolute atomic E-state index is 4.35. The average molecular weight is 441 g/mol. The fraction of sp³-hybridized carbons (Fsp3) is 0.389. The summed E-state index contributed by atoms with van der Waals surface area (Å²) < 4.78 is 0. The van der Waals surface area contributed by atoms with Crippen molar-refractivity contribution in [2.75, 3.05) is 13.6 Å². The predicted molar refractivity (Wildman–Crippen MR) is 110 cm³/mol. The van der Waals surface area contributed by atoms with Crippen LogP contribution in [0.3, 0.4) is 0 Å². The van der Waals surface area contributed by atoms with E-state index in [0.29, 0.717) is 17.9 Å². The van der Waals surface area contributed by atoms with Crippen molar-refractivity contribution < 1.29 is 0 Å². The summed E-state index contributed by atoms with van der Waals surface area (Å²) >= 11 is 1.81. The van der Waals surface area contributed by atoms with Crippen LogP contribution in [0, 0.1) is 0 Å². The molecular formula is C18H24IN3S. The van der Waals surface area contributed by atoms with Gasteiger partial charge in [0, 0.05) is 36.3 Å². The van der Waals surface area contributed by atoms with Gasteiger partial charge in [0.05, 0.1) is 0 Å². The van der Waals surface area contributed by atoms with Crippen LogP contribution in [0.5, 0.6) is 0 Å². The number of halogens is 1. The van der Waals surface area contributed by atoms with Gasteiger partial charge >= 0.3 is 0 Å². The first-order chi connectivity index (χ1) is 10.8. The maximum atomic E-state index is 4.35. The number of hydrogen-bond acceptors (Lipinski definition) is 2. The monoisotopic (exact) mass is 441 g/mol. The highest BCUT2D eigenvalue weighted by molar-refractivity contribution is 14.0. The minimum Gasteiger partial charge on any atom is -0.356 e. The van der Waals surface area contributed by atoms with E-state index in [4.69, 9.17) is 0 Å². The van der Waals surface area contributed by atoms with Crippen LogP contribution in [0.25, 0.3) is 0 Å². The van der Waals surface area contributed by atoms with Crippen molar-refractivity contribution in [3.8, 4) is 0 Å². The summed E-state index contributed by atoms with van der Waals surface area (Å²) in [7, 11) is 1.84. The summed E-state index contributed by atoms with van der Waals surface area (Å²) in [6.45, 7) is 3.15. The molecule has 5 heteroatoms. The number of nitrogens with one attached hydrogen (secondary N) is 2. The third-order valence-electron chi connectivity index (χ3n) is 4.17. The minimum atomic E-state index is 0. The van der Waals surface area contributed by atoms with Crippen LogP contribution in [0.1, 0.15) is 35.6 Å². The van der Waals surface area contributed by atoms with Crippen molar-refractivity contribution in [2.24, 2.45) is 4.99 Å². The Morgan fingerprint density at radius 1 is 1.26 bits per heavy atom. The molecule has 0 aliphatic heterocycles. The smallest absolute Gasteiger partial charge is 0.191 e. The van der Waals surface area contributed by atoms with Gasteiger partial charge in [-0.2, -0.15) is 0 Å². The lowest BCUT2D eigenvalue weighted by atomic mass is 10.1. The zero-order valence-electron chi connectivity index (χ0n) is 13.5. The number of thiophene rings is 1. The van der Waals surface area contributed by atoms with E-state index < -0.39 is 0 Å². The van der Waals surface area contributed by atoms with Crippen LogP contribution in [0.2, 0.25) is 0 Å². The van der Waals surface area contributed by atoms with Crippen molar-refractivity contribution in [2.45, 2.75) is 31.2 Å². The second-order valence-corrected chi connectivity index (χ2v) is 6.85. The van der Waals surface area contributed by atoms with E-state index in [1.165, 1.54) is 16.9 Å². The molecule has 0 radical (unpaired) electrons. The van der Waals surface area contributed by atoms with Gasteiger partial charge in [-0.3, -0.25) is 4.99 Å². The number of hydrogen-bond donors (Lipinski definition) is 2. The van der Waals surface area contributed by atoms with Gasteiger partial charge < -0.3 is 10.6 Å². The Bertz CT molecular complexity index is 612. The lowest BCUT2D eigenvalue weighted by Crippen LogP contribution is -2.40. The van der Waals surface area contributed by atoms with Crippen molar-refractivity contribution in [1.82, 2.24) is 10.6 Å². The summed E-state index contributed by atoms with van der Waals surface area (Å²) in [5, 5.41) is 9.11. The summed E-state index contributed by atoms with van der Waals surface area (Å²) in [5.74, 6) is 2.03. The highest BCUT2D eigenvalue weighted by Crippen LogP contribution is 2.40. The molecule has 0 bridgehead atoms. The Morgan fingerprint density at radius 2 is 2.04 bits per heavy atom. The Labute approximate surface area is 159 Å². The molecule has 1 saturated carbocycles. The van der Waals surface area contributed by atoms with E-state index >= 15 is 0 Å². The van der Waals surface area contributed by atoms with E-state index in [2.05, 4.69) is 70.4 Å². The summed E-state index contributed by atoms with van der Waals surface area (Å²) in [5.41, 5.74) is 1.42. The molecule has 1 fully saturated rings. The lowest BCUT2D eigenvalue weighted by molar-refractivity contribution is 0.704. The molecule has 3 rings (SSSR count). The Kier molecular flexibility index (Phi) is 6.89. The first kappa shape index (κ1) is 18.3. The standard InChI is InChI=1S/C18H23N3S.HI/c1-13(17-9-6-10-22-17)12-20-18(19-2)21-16-11-15(16)14-7-4-3-5-8-14;/h3-10,13,15-16H,11-12H2,1-2H3,(H2,19,20,21);1H. The van der Waals surface area contributed by atoms with Gasteiger partial charge in [-0.05, 0) is 23.4 Å². The molecule has 0 saturated heterocycles. The molecule has 1 aromatic heterocycles. The van der Waals surface area contributed by atoms with Crippen LogP contribution in [0.4, 0.5) is 0 Å². The predicted octanol–water partition coefficient (Wildman–Crippen LogP) is 4.19. The van der Waals surface area contributed by atoms with Gasteiger partial charge in [-0.15, -0.1) is 35.3 Å². The molecule has 2 aromatic rings. The molecule has 3 unspecified atom stereocenters. The molecule has 1 heterocycles. The Morgan fingerprint density at radius 3 is 2.70 bits per heavy atom.